The van der Waals surface area contributed by atoms with Crippen LogP contribution in [-0.2, 0) is 6.54 Å². The van der Waals surface area contributed by atoms with Crippen LogP contribution in [0.4, 0.5) is 5.69 Å². The number of carbonyl (C=O) groups excluding carboxylic acids is 1. The summed E-state index contributed by atoms with van der Waals surface area (Å²) in [4.78, 5) is 11.3. The minimum absolute atomic E-state index is 0.391. The molecule has 2 aromatic carbocycles. The minimum Gasteiger partial charge on any atom is -0.381 e. The van der Waals surface area contributed by atoms with Crippen LogP contribution < -0.4 is 11.1 Å². The lowest BCUT2D eigenvalue weighted by Gasteiger charge is -2.11. The molecular formula is C17H20N2O. The zero-order valence-electron chi connectivity index (χ0n) is 11.9. The van der Waals surface area contributed by atoms with Gasteiger partial charge < -0.3 is 11.1 Å². The first-order valence-corrected chi connectivity index (χ1v) is 6.79. The van der Waals surface area contributed by atoms with E-state index in [-0.39, 0.29) is 0 Å². The van der Waals surface area contributed by atoms with E-state index in [1.165, 1.54) is 5.56 Å². The molecule has 0 fully saturated rings. The van der Waals surface area contributed by atoms with E-state index in [1.807, 2.05) is 18.2 Å². The molecule has 0 saturated heterocycles. The molecule has 0 saturated carbocycles. The van der Waals surface area contributed by atoms with E-state index < -0.39 is 5.91 Å². The van der Waals surface area contributed by atoms with Crippen molar-refractivity contribution in [3.63, 3.8) is 0 Å². The summed E-state index contributed by atoms with van der Waals surface area (Å²) < 4.78 is 0. The molecule has 2 aromatic rings. The van der Waals surface area contributed by atoms with Crippen molar-refractivity contribution in [1.29, 1.82) is 0 Å². The van der Waals surface area contributed by atoms with Crippen molar-refractivity contribution in [3.05, 3.63) is 65.2 Å². The predicted molar refractivity (Wildman–Crippen MR) is 82.8 cm³/mol. The molecule has 3 heteroatoms. The highest BCUT2D eigenvalue weighted by Crippen LogP contribution is 2.18. The van der Waals surface area contributed by atoms with Gasteiger partial charge in [-0.25, -0.2) is 0 Å². The summed E-state index contributed by atoms with van der Waals surface area (Å²) in [5, 5.41) is 3.31. The molecule has 2 rings (SSSR count). The lowest BCUT2D eigenvalue weighted by Crippen LogP contribution is -2.15. The van der Waals surface area contributed by atoms with Crippen molar-refractivity contribution in [2.75, 3.05) is 5.32 Å². The Kier molecular flexibility index (Phi) is 4.41. The van der Waals surface area contributed by atoms with Gasteiger partial charge in [0.05, 0.1) is 0 Å². The molecule has 0 aliphatic rings. The van der Waals surface area contributed by atoms with E-state index in [2.05, 4.69) is 43.4 Å². The van der Waals surface area contributed by atoms with Gasteiger partial charge in [0.25, 0.3) is 0 Å². The van der Waals surface area contributed by atoms with Crippen LogP contribution in [0.5, 0.6) is 0 Å². The molecule has 3 N–H and O–H groups in total. The Hall–Kier alpha value is -2.29. The SMILES string of the molecule is CC(C)c1ccc(NCc2ccccc2C(N)=O)cc1. The zero-order valence-corrected chi connectivity index (χ0v) is 11.9. The molecule has 0 heterocycles. The fourth-order valence-electron chi connectivity index (χ4n) is 2.10. The molecule has 1 amide bonds. The Bertz CT molecular complexity index is 588. The largest absolute Gasteiger partial charge is 0.381 e. The summed E-state index contributed by atoms with van der Waals surface area (Å²) in [6.07, 6.45) is 0. The summed E-state index contributed by atoms with van der Waals surface area (Å²) in [5.74, 6) is 0.136. The molecule has 3 nitrogen and oxygen atoms in total. The van der Waals surface area contributed by atoms with Crippen LogP contribution in [0.2, 0.25) is 0 Å². The third kappa shape index (κ3) is 3.38. The molecule has 0 unspecified atom stereocenters. The predicted octanol–water partition coefficient (Wildman–Crippen LogP) is 3.52. The van der Waals surface area contributed by atoms with Crippen molar-refractivity contribution in [3.8, 4) is 0 Å². The topological polar surface area (TPSA) is 55.1 Å². The maximum absolute atomic E-state index is 11.3. The van der Waals surface area contributed by atoms with Gasteiger partial charge in [-0.3, -0.25) is 4.79 Å². The Morgan fingerprint density at radius 3 is 2.35 bits per heavy atom. The maximum atomic E-state index is 11.3. The number of anilines is 1. The molecule has 0 bridgehead atoms. The number of carbonyl (C=O) groups is 1. The average Bonchev–Trinajstić information content (AvgIpc) is 2.45. The summed E-state index contributed by atoms with van der Waals surface area (Å²) in [7, 11) is 0. The van der Waals surface area contributed by atoms with Crippen molar-refractivity contribution >= 4 is 11.6 Å². The number of primary amides is 1. The van der Waals surface area contributed by atoms with Gasteiger partial charge in [-0.05, 0) is 35.2 Å². The fraction of sp³-hybridized carbons (Fsp3) is 0.235. The highest BCUT2D eigenvalue weighted by atomic mass is 16.1. The quantitative estimate of drug-likeness (QED) is 0.871. The number of hydrogen-bond acceptors (Lipinski definition) is 2. The highest BCUT2D eigenvalue weighted by molar-refractivity contribution is 5.94. The van der Waals surface area contributed by atoms with Gasteiger partial charge in [0.15, 0.2) is 0 Å². The van der Waals surface area contributed by atoms with Crippen LogP contribution >= 0.6 is 0 Å². The van der Waals surface area contributed by atoms with Gasteiger partial charge in [0.2, 0.25) is 5.91 Å². The first-order valence-electron chi connectivity index (χ1n) is 6.79. The summed E-state index contributed by atoms with van der Waals surface area (Å²) in [6, 6.07) is 15.7. The normalized spacial score (nSPS) is 10.6. The number of nitrogens with two attached hydrogens (primary N) is 1. The fourth-order valence-corrected chi connectivity index (χ4v) is 2.10. The first-order chi connectivity index (χ1) is 9.58. The van der Waals surface area contributed by atoms with Gasteiger partial charge in [0.1, 0.15) is 0 Å². The first kappa shape index (κ1) is 14.1. The van der Waals surface area contributed by atoms with Crippen LogP contribution in [-0.4, -0.2) is 5.91 Å². The summed E-state index contributed by atoms with van der Waals surface area (Å²) in [5.41, 5.74) is 9.20. The van der Waals surface area contributed by atoms with Gasteiger partial charge in [-0.15, -0.1) is 0 Å². The third-order valence-electron chi connectivity index (χ3n) is 3.34. The Balaban J connectivity index is 2.07. The molecule has 0 radical (unpaired) electrons. The standard InChI is InChI=1S/C17H20N2O/c1-12(2)13-7-9-15(10-8-13)19-11-14-5-3-4-6-16(14)17(18)20/h3-10,12,19H,11H2,1-2H3,(H2,18,20). The molecule has 0 aliphatic carbocycles. The van der Waals surface area contributed by atoms with E-state index >= 15 is 0 Å². The maximum Gasteiger partial charge on any atom is 0.249 e. The number of amides is 1. The molecule has 0 spiro atoms. The number of hydrogen-bond donors (Lipinski definition) is 2. The summed E-state index contributed by atoms with van der Waals surface area (Å²) in [6.45, 7) is 4.93. The van der Waals surface area contributed by atoms with E-state index in [0.717, 1.165) is 11.3 Å². The van der Waals surface area contributed by atoms with E-state index in [1.54, 1.807) is 6.07 Å². The third-order valence-corrected chi connectivity index (χ3v) is 3.34. The number of nitrogens with one attached hydrogen (secondary N) is 1. The van der Waals surface area contributed by atoms with Gasteiger partial charge in [-0.2, -0.15) is 0 Å². The molecular weight excluding hydrogens is 248 g/mol. The summed E-state index contributed by atoms with van der Waals surface area (Å²) >= 11 is 0. The molecule has 20 heavy (non-hydrogen) atoms. The van der Waals surface area contributed by atoms with E-state index in [4.69, 9.17) is 5.73 Å². The van der Waals surface area contributed by atoms with Crippen LogP contribution in [0.15, 0.2) is 48.5 Å². The zero-order chi connectivity index (χ0) is 14.5. The smallest absolute Gasteiger partial charge is 0.249 e. The molecule has 104 valence electrons. The highest BCUT2D eigenvalue weighted by Gasteiger charge is 2.06. The second-order valence-corrected chi connectivity index (χ2v) is 5.15. The Labute approximate surface area is 119 Å². The molecule has 0 atom stereocenters. The monoisotopic (exact) mass is 268 g/mol. The average molecular weight is 268 g/mol. The number of benzene rings is 2. The van der Waals surface area contributed by atoms with E-state index in [0.29, 0.717) is 18.0 Å². The van der Waals surface area contributed by atoms with Crippen molar-refractivity contribution in [1.82, 2.24) is 0 Å². The second kappa shape index (κ2) is 6.24. The lowest BCUT2D eigenvalue weighted by atomic mass is 10.0. The van der Waals surface area contributed by atoms with E-state index in [9.17, 15) is 4.79 Å². The Morgan fingerprint density at radius 2 is 1.75 bits per heavy atom. The van der Waals surface area contributed by atoms with Crippen molar-refractivity contribution in [2.45, 2.75) is 26.3 Å². The molecule has 0 aromatic heterocycles. The van der Waals surface area contributed by atoms with Gasteiger partial charge >= 0.3 is 0 Å². The van der Waals surface area contributed by atoms with Crippen LogP contribution in [0.3, 0.4) is 0 Å². The minimum atomic E-state index is -0.391. The Morgan fingerprint density at radius 1 is 1.10 bits per heavy atom. The van der Waals surface area contributed by atoms with Crippen LogP contribution in [0, 0.1) is 0 Å². The van der Waals surface area contributed by atoms with Crippen molar-refractivity contribution < 1.29 is 4.79 Å². The van der Waals surface area contributed by atoms with Crippen molar-refractivity contribution in [2.24, 2.45) is 5.73 Å². The van der Waals surface area contributed by atoms with Crippen LogP contribution in [0.25, 0.3) is 0 Å². The van der Waals surface area contributed by atoms with Crippen LogP contribution in [0.1, 0.15) is 41.3 Å². The second-order valence-electron chi connectivity index (χ2n) is 5.15. The lowest BCUT2D eigenvalue weighted by molar-refractivity contribution is 0.0999. The van der Waals surface area contributed by atoms with Gasteiger partial charge in [-0.1, -0.05) is 44.2 Å². The molecule has 0 aliphatic heterocycles. The van der Waals surface area contributed by atoms with Gasteiger partial charge in [0, 0.05) is 17.8 Å². The number of rotatable bonds is 5.